The summed E-state index contributed by atoms with van der Waals surface area (Å²) in [5.74, 6) is 1.52. The number of fused-ring (bicyclic) bond motifs is 2. The molecular weight excluding hydrogens is 414 g/mol. The number of aliphatic hydroxyl groups is 1. The molecular formula is C26H39N5O2. The van der Waals surface area contributed by atoms with Gasteiger partial charge in [0.1, 0.15) is 11.9 Å². The fourth-order valence-electron chi connectivity index (χ4n) is 5.77. The number of carbonyl (C=O) groups is 1. The fourth-order valence-corrected chi connectivity index (χ4v) is 5.77. The molecule has 33 heavy (non-hydrogen) atoms. The molecule has 4 atom stereocenters. The first kappa shape index (κ1) is 23.6. The minimum atomic E-state index is -0.777. The van der Waals surface area contributed by atoms with E-state index in [1.54, 1.807) is 0 Å². The van der Waals surface area contributed by atoms with Crippen LogP contribution in [-0.2, 0) is 12.8 Å². The third-order valence-corrected chi connectivity index (χ3v) is 7.61. The SMILES string of the molecule is CCCC(N)=NC1CNC(=C(C)C)N2C[C@@H](NC(=O)c3cccc4c3CCCC4)[C@@H](O)[C@]12C. The second-order valence-corrected chi connectivity index (χ2v) is 10.1. The Balaban J connectivity index is 1.62. The lowest BCUT2D eigenvalue weighted by Gasteiger charge is -2.48. The number of nitrogens with one attached hydrogen (secondary N) is 2. The highest BCUT2D eigenvalue weighted by Crippen LogP contribution is 2.40. The lowest BCUT2D eigenvalue weighted by molar-refractivity contribution is 0.0137. The van der Waals surface area contributed by atoms with E-state index in [4.69, 9.17) is 10.7 Å². The van der Waals surface area contributed by atoms with Crippen LogP contribution >= 0.6 is 0 Å². The fraction of sp³-hybridized carbons (Fsp3) is 0.615. The van der Waals surface area contributed by atoms with Crippen LogP contribution in [0.3, 0.4) is 0 Å². The van der Waals surface area contributed by atoms with Crippen LogP contribution < -0.4 is 16.4 Å². The summed E-state index contributed by atoms with van der Waals surface area (Å²) in [4.78, 5) is 20.4. The van der Waals surface area contributed by atoms with Gasteiger partial charge >= 0.3 is 0 Å². The standard InChI is InChI=1S/C26H39N5O2/c1-5-9-22(27)30-21-14-28-24(16(2)3)31-15-20(23(32)26(21,31)4)29-25(33)19-13-8-11-17-10-6-7-12-18(17)19/h8,11,13,20-21,23,28,32H,5-7,9-10,12,14-15H2,1-4H3,(H2,27,30)(H,29,33)/t20-,21?,23-,26+/m1/s1. The van der Waals surface area contributed by atoms with E-state index in [1.165, 1.54) is 17.5 Å². The van der Waals surface area contributed by atoms with Gasteiger partial charge in [0, 0.05) is 25.1 Å². The maximum Gasteiger partial charge on any atom is 0.251 e. The van der Waals surface area contributed by atoms with Crippen molar-refractivity contribution in [3.63, 3.8) is 0 Å². The zero-order chi connectivity index (χ0) is 23.8. The average Bonchev–Trinajstić information content (AvgIpc) is 3.05. The summed E-state index contributed by atoms with van der Waals surface area (Å²) in [5.41, 5.74) is 9.86. The molecule has 4 rings (SSSR count). The monoisotopic (exact) mass is 453 g/mol. The lowest BCUT2D eigenvalue weighted by Crippen LogP contribution is -2.65. The zero-order valence-electron chi connectivity index (χ0n) is 20.4. The smallest absolute Gasteiger partial charge is 0.251 e. The first-order chi connectivity index (χ1) is 15.8. The van der Waals surface area contributed by atoms with Gasteiger partial charge in [-0.3, -0.25) is 9.79 Å². The van der Waals surface area contributed by atoms with Crippen LogP contribution in [0.15, 0.2) is 34.6 Å². The molecule has 0 bridgehead atoms. The van der Waals surface area contributed by atoms with Crippen LogP contribution in [0.5, 0.6) is 0 Å². The first-order valence-electron chi connectivity index (χ1n) is 12.4. The summed E-state index contributed by atoms with van der Waals surface area (Å²) < 4.78 is 0. The summed E-state index contributed by atoms with van der Waals surface area (Å²) in [6, 6.07) is 5.40. The van der Waals surface area contributed by atoms with E-state index in [1.807, 2.05) is 19.1 Å². The lowest BCUT2D eigenvalue weighted by atomic mass is 9.83. The predicted molar refractivity (Wildman–Crippen MR) is 132 cm³/mol. The summed E-state index contributed by atoms with van der Waals surface area (Å²) in [6.45, 7) is 9.37. The van der Waals surface area contributed by atoms with E-state index in [0.717, 1.165) is 49.1 Å². The summed E-state index contributed by atoms with van der Waals surface area (Å²) in [6.07, 6.45) is 5.14. The van der Waals surface area contributed by atoms with Crippen molar-refractivity contribution in [2.45, 2.75) is 89.9 Å². The Labute approximate surface area is 197 Å². The van der Waals surface area contributed by atoms with Gasteiger partial charge < -0.3 is 26.4 Å². The Morgan fingerprint density at radius 2 is 2.09 bits per heavy atom. The Kier molecular flexibility index (Phi) is 6.71. The number of aliphatic imine (C=N–C) groups is 1. The normalized spacial score (nSPS) is 29.2. The number of aryl methyl sites for hydroxylation is 1. The number of amides is 1. The number of allylic oxidation sites excluding steroid dienone is 1. The minimum absolute atomic E-state index is 0.0986. The summed E-state index contributed by atoms with van der Waals surface area (Å²) in [5, 5.41) is 18.2. The molecule has 2 aliphatic heterocycles. The molecule has 1 amide bonds. The molecule has 0 aromatic heterocycles. The van der Waals surface area contributed by atoms with Crippen molar-refractivity contribution in [2.75, 3.05) is 13.1 Å². The molecule has 1 aliphatic carbocycles. The van der Waals surface area contributed by atoms with Gasteiger partial charge in [-0.25, -0.2) is 0 Å². The summed E-state index contributed by atoms with van der Waals surface area (Å²) in [7, 11) is 0. The van der Waals surface area contributed by atoms with Crippen LogP contribution in [0.2, 0.25) is 0 Å². The second-order valence-electron chi connectivity index (χ2n) is 10.1. The van der Waals surface area contributed by atoms with E-state index in [0.29, 0.717) is 18.9 Å². The number of amidine groups is 1. The molecule has 2 fully saturated rings. The number of hydrogen-bond donors (Lipinski definition) is 4. The van der Waals surface area contributed by atoms with Gasteiger partial charge in [-0.1, -0.05) is 19.1 Å². The molecule has 0 saturated carbocycles. The van der Waals surface area contributed by atoms with Crippen molar-refractivity contribution in [1.82, 2.24) is 15.5 Å². The molecule has 180 valence electrons. The molecule has 7 heteroatoms. The molecule has 0 spiro atoms. The molecule has 1 unspecified atom stereocenters. The van der Waals surface area contributed by atoms with E-state index in [9.17, 15) is 9.90 Å². The molecule has 5 N–H and O–H groups in total. The van der Waals surface area contributed by atoms with Crippen LogP contribution in [0, 0.1) is 0 Å². The van der Waals surface area contributed by atoms with Crippen LogP contribution in [0.1, 0.15) is 74.9 Å². The maximum absolute atomic E-state index is 13.4. The number of rotatable bonds is 5. The minimum Gasteiger partial charge on any atom is -0.388 e. The molecule has 1 aromatic rings. The highest BCUT2D eigenvalue weighted by atomic mass is 16.3. The molecule has 7 nitrogen and oxygen atoms in total. The van der Waals surface area contributed by atoms with Crippen molar-refractivity contribution in [2.24, 2.45) is 10.7 Å². The highest BCUT2D eigenvalue weighted by Gasteiger charge is 2.58. The maximum atomic E-state index is 13.4. The largest absolute Gasteiger partial charge is 0.388 e. The van der Waals surface area contributed by atoms with E-state index in [-0.39, 0.29) is 11.9 Å². The Morgan fingerprint density at radius 3 is 2.82 bits per heavy atom. The number of hydrogen-bond acceptors (Lipinski definition) is 5. The molecule has 0 radical (unpaired) electrons. The van der Waals surface area contributed by atoms with Gasteiger partial charge in [-0.2, -0.15) is 0 Å². The van der Waals surface area contributed by atoms with E-state index in [2.05, 4.69) is 42.4 Å². The Morgan fingerprint density at radius 1 is 1.33 bits per heavy atom. The number of carbonyl (C=O) groups excluding carboxylic acids is 1. The van der Waals surface area contributed by atoms with Crippen LogP contribution in [-0.4, -0.2) is 58.6 Å². The van der Waals surface area contributed by atoms with Gasteiger partial charge in [0.15, 0.2) is 0 Å². The second kappa shape index (κ2) is 9.37. The third kappa shape index (κ3) is 4.23. The molecule has 1 aromatic carbocycles. The van der Waals surface area contributed by atoms with Gasteiger partial charge in [0.2, 0.25) is 0 Å². The van der Waals surface area contributed by atoms with E-state index >= 15 is 0 Å². The van der Waals surface area contributed by atoms with Crippen molar-refractivity contribution in [1.29, 1.82) is 0 Å². The summed E-state index contributed by atoms with van der Waals surface area (Å²) >= 11 is 0. The van der Waals surface area contributed by atoms with E-state index < -0.39 is 17.7 Å². The van der Waals surface area contributed by atoms with Gasteiger partial charge in [-0.05, 0) is 75.6 Å². The van der Waals surface area contributed by atoms with Gasteiger partial charge in [-0.15, -0.1) is 0 Å². The quantitative estimate of drug-likeness (QED) is 0.405. The number of nitrogens with two attached hydrogens (primary N) is 1. The predicted octanol–water partition coefficient (Wildman–Crippen LogP) is 2.48. The average molecular weight is 454 g/mol. The number of aliphatic hydroxyl groups excluding tert-OH is 1. The zero-order valence-corrected chi connectivity index (χ0v) is 20.4. The van der Waals surface area contributed by atoms with Crippen LogP contribution in [0.25, 0.3) is 0 Å². The highest BCUT2D eigenvalue weighted by molar-refractivity contribution is 5.96. The Hall–Kier alpha value is -2.54. The Bertz CT molecular complexity index is 967. The first-order valence-corrected chi connectivity index (χ1v) is 12.4. The number of nitrogens with zero attached hydrogens (tertiary/aromatic N) is 2. The van der Waals surface area contributed by atoms with Crippen molar-refractivity contribution in [3.8, 4) is 0 Å². The third-order valence-electron chi connectivity index (χ3n) is 7.61. The van der Waals surface area contributed by atoms with Crippen molar-refractivity contribution < 1.29 is 9.90 Å². The molecule has 2 heterocycles. The number of benzene rings is 1. The van der Waals surface area contributed by atoms with Crippen LogP contribution in [0.4, 0.5) is 0 Å². The van der Waals surface area contributed by atoms with Crippen molar-refractivity contribution in [3.05, 3.63) is 46.3 Å². The van der Waals surface area contributed by atoms with Gasteiger partial charge in [0.05, 0.1) is 23.5 Å². The molecule has 2 saturated heterocycles. The van der Waals surface area contributed by atoms with Gasteiger partial charge in [0.25, 0.3) is 5.91 Å². The topological polar surface area (TPSA) is 103 Å². The molecule has 3 aliphatic rings. The van der Waals surface area contributed by atoms with Crippen molar-refractivity contribution >= 4 is 11.7 Å².